The zero-order valence-electron chi connectivity index (χ0n) is 12.1. The Morgan fingerprint density at radius 2 is 1.77 bits per heavy atom. The molecule has 2 aromatic carbocycles. The van der Waals surface area contributed by atoms with Crippen LogP contribution in [0.15, 0.2) is 48.5 Å². The molecule has 110 valence electrons. The Kier molecular flexibility index (Phi) is 3.51. The predicted molar refractivity (Wildman–Crippen MR) is 84.4 cm³/mol. The molecule has 0 amide bonds. The van der Waals surface area contributed by atoms with Crippen LogP contribution in [0.5, 0.6) is 5.75 Å². The summed E-state index contributed by atoms with van der Waals surface area (Å²) in [5.41, 5.74) is 3.44. The van der Waals surface area contributed by atoms with Crippen LogP contribution < -0.4 is 0 Å². The third-order valence-corrected chi connectivity index (χ3v) is 3.73. The van der Waals surface area contributed by atoms with Gasteiger partial charge in [0.2, 0.25) is 0 Å². The fraction of sp³-hybridized carbons (Fsp3) is 0.111. The van der Waals surface area contributed by atoms with Gasteiger partial charge in [0.25, 0.3) is 0 Å². The fourth-order valence-corrected chi connectivity index (χ4v) is 2.55. The fourth-order valence-electron chi connectivity index (χ4n) is 2.55. The summed E-state index contributed by atoms with van der Waals surface area (Å²) >= 11 is 0. The standard InChI is InChI=1S/C18H15NO3/c1-11-17(20)15(14-4-2-3-5-16(14)19-11)10-12-6-8-13(9-7-12)18(21)22/h2-9,20H,10H2,1H3,(H,21,22). The number of para-hydroxylation sites is 1. The van der Waals surface area contributed by atoms with E-state index in [2.05, 4.69) is 4.98 Å². The van der Waals surface area contributed by atoms with Gasteiger partial charge in [0.05, 0.1) is 16.8 Å². The molecular formula is C18H15NO3. The number of nitrogens with zero attached hydrogens (tertiary/aromatic N) is 1. The minimum atomic E-state index is -0.945. The molecule has 3 aromatic rings. The summed E-state index contributed by atoms with van der Waals surface area (Å²) in [6, 6.07) is 14.4. The summed E-state index contributed by atoms with van der Waals surface area (Å²) in [5, 5.41) is 20.2. The van der Waals surface area contributed by atoms with Gasteiger partial charge in [0.15, 0.2) is 0 Å². The third-order valence-electron chi connectivity index (χ3n) is 3.73. The second kappa shape index (κ2) is 5.48. The molecule has 3 rings (SSSR count). The quantitative estimate of drug-likeness (QED) is 0.775. The second-order valence-corrected chi connectivity index (χ2v) is 5.22. The van der Waals surface area contributed by atoms with E-state index in [1.807, 2.05) is 24.3 Å². The average molecular weight is 293 g/mol. The number of carbonyl (C=O) groups is 1. The molecule has 0 radical (unpaired) electrons. The van der Waals surface area contributed by atoms with Crippen LogP contribution in [0.1, 0.15) is 27.2 Å². The van der Waals surface area contributed by atoms with E-state index in [9.17, 15) is 9.90 Å². The number of rotatable bonds is 3. The van der Waals surface area contributed by atoms with Crippen molar-refractivity contribution in [1.82, 2.24) is 4.98 Å². The average Bonchev–Trinajstić information content (AvgIpc) is 2.52. The minimum absolute atomic E-state index is 0.195. The predicted octanol–water partition coefficient (Wildman–Crippen LogP) is 3.54. The van der Waals surface area contributed by atoms with Crippen LogP contribution in [0.2, 0.25) is 0 Å². The number of carboxylic acids is 1. The molecule has 1 aromatic heterocycles. The Morgan fingerprint density at radius 1 is 1.09 bits per heavy atom. The molecule has 2 N–H and O–H groups in total. The summed E-state index contributed by atoms with van der Waals surface area (Å²) in [5.74, 6) is -0.749. The monoisotopic (exact) mass is 293 g/mol. The van der Waals surface area contributed by atoms with Gasteiger partial charge in [0, 0.05) is 17.4 Å². The number of aromatic hydroxyl groups is 1. The van der Waals surface area contributed by atoms with E-state index in [1.54, 1.807) is 31.2 Å². The highest BCUT2D eigenvalue weighted by atomic mass is 16.4. The number of benzene rings is 2. The molecular weight excluding hydrogens is 278 g/mol. The number of carboxylic acid groups (broad SMARTS) is 1. The number of aromatic carboxylic acids is 1. The molecule has 0 aliphatic rings. The van der Waals surface area contributed by atoms with Crippen molar-refractivity contribution in [2.75, 3.05) is 0 Å². The number of hydrogen-bond acceptors (Lipinski definition) is 3. The van der Waals surface area contributed by atoms with Gasteiger partial charge in [-0.3, -0.25) is 0 Å². The highest BCUT2D eigenvalue weighted by Gasteiger charge is 2.12. The van der Waals surface area contributed by atoms with E-state index >= 15 is 0 Å². The van der Waals surface area contributed by atoms with E-state index in [-0.39, 0.29) is 11.3 Å². The Hall–Kier alpha value is -2.88. The molecule has 22 heavy (non-hydrogen) atoms. The van der Waals surface area contributed by atoms with Gasteiger partial charge in [0.1, 0.15) is 5.75 Å². The Morgan fingerprint density at radius 3 is 2.45 bits per heavy atom. The van der Waals surface area contributed by atoms with Crippen molar-refractivity contribution in [2.24, 2.45) is 0 Å². The third kappa shape index (κ3) is 2.51. The van der Waals surface area contributed by atoms with E-state index in [1.165, 1.54) is 0 Å². The molecule has 0 aliphatic heterocycles. The van der Waals surface area contributed by atoms with Gasteiger partial charge in [-0.1, -0.05) is 30.3 Å². The molecule has 0 atom stereocenters. The lowest BCUT2D eigenvalue weighted by Crippen LogP contribution is -1.98. The van der Waals surface area contributed by atoms with Crippen LogP contribution in [-0.2, 0) is 6.42 Å². The van der Waals surface area contributed by atoms with E-state index in [4.69, 9.17) is 5.11 Å². The van der Waals surface area contributed by atoms with Crippen molar-refractivity contribution < 1.29 is 15.0 Å². The van der Waals surface area contributed by atoms with Crippen LogP contribution in [0.3, 0.4) is 0 Å². The van der Waals surface area contributed by atoms with E-state index in [0.29, 0.717) is 12.1 Å². The highest BCUT2D eigenvalue weighted by Crippen LogP contribution is 2.30. The van der Waals surface area contributed by atoms with Crippen molar-refractivity contribution in [2.45, 2.75) is 13.3 Å². The Labute approximate surface area is 127 Å². The molecule has 0 saturated carbocycles. The van der Waals surface area contributed by atoms with Gasteiger partial charge in [-0.25, -0.2) is 9.78 Å². The van der Waals surface area contributed by atoms with Crippen molar-refractivity contribution in [1.29, 1.82) is 0 Å². The van der Waals surface area contributed by atoms with Crippen molar-refractivity contribution in [3.8, 4) is 5.75 Å². The van der Waals surface area contributed by atoms with Crippen molar-refractivity contribution in [3.05, 3.63) is 70.9 Å². The topological polar surface area (TPSA) is 70.4 Å². The van der Waals surface area contributed by atoms with Gasteiger partial charge in [-0.2, -0.15) is 0 Å². The number of hydrogen-bond donors (Lipinski definition) is 2. The first-order valence-electron chi connectivity index (χ1n) is 6.95. The summed E-state index contributed by atoms with van der Waals surface area (Å²) in [4.78, 5) is 15.3. The first-order valence-corrected chi connectivity index (χ1v) is 6.95. The lowest BCUT2D eigenvalue weighted by Gasteiger charge is -2.11. The van der Waals surface area contributed by atoms with Gasteiger partial charge in [-0.05, 0) is 30.7 Å². The lowest BCUT2D eigenvalue weighted by molar-refractivity contribution is 0.0697. The number of aromatic nitrogens is 1. The number of pyridine rings is 1. The molecule has 1 heterocycles. The summed E-state index contributed by atoms with van der Waals surface area (Å²) in [7, 11) is 0. The normalized spacial score (nSPS) is 10.8. The Balaban J connectivity index is 2.06. The molecule has 0 bridgehead atoms. The first-order chi connectivity index (χ1) is 10.6. The summed E-state index contributed by atoms with van der Waals surface area (Å²) in [6.45, 7) is 1.78. The SMILES string of the molecule is Cc1nc2ccccc2c(Cc2ccc(C(=O)O)cc2)c1O. The largest absolute Gasteiger partial charge is 0.506 e. The molecule has 4 heteroatoms. The van der Waals surface area contributed by atoms with Crippen LogP contribution in [0, 0.1) is 6.92 Å². The second-order valence-electron chi connectivity index (χ2n) is 5.22. The Bertz CT molecular complexity index is 854. The highest BCUT2D eigenvalue weighted by molar-refractivity contribution is 5.88. The smallest absolute Gasteiger partial charge is 0.335 e. The maximum absolute atomic E-state index is 10.9. The van der Waals surface area contributed by atoms with Crippen molar-refractivity contribution >= 4 is 16.9 Å². The molecule has 0 spiro atoms. The maximum Gasteiger partial charge on any atom is 0.335 e. The molecule has 0 aliphatic carbocycles. The molecule has 0 fully saturated rings. The summed E-state index contributed by atoms with van der Waals surface area (Å²) in [6.07, 6.45) is 0.523. The van der Waals surface area contributed by atoms with Crippen LogP contribution in [0.4, 0.5) is 0 Å². The molecule has 0 unspecified atom stereocenters. The van der Waals surface area contributed by atoms with E-state index in [0.717, 1.165) is 22.0 Å². The number of fused-ring (bicyclic) bond motifs is 1. The lowest BCUT2D eigenvalue weighted by atomic mass is 9.98. The van der Waals surface area contributed by atoms with Gasteiger partial charge >= 0.3 is 5.97 Å². The van der Waals surface area contributed by atoms with Gasteiger partial charge in [-0.15, -0.1) is 0 Å². The summed E-state index contributed by atoms with van der Waals surface area (Å²) < 4.78 is 0. The van der Waals surface area contributed by atoms with Crippen LogP contribution in [-0.4, -0.2) is 21.2 Å². The van der Waals surface area contributed by atoms with Gasteiger partial charge < -0.3 is 10.2 Å². The van der Waals surface area contributed by atoms with E-state index < -0.39 is 5.97 Å². The molecule has 4 nitrogen and oxygen atoms in total. The number of aryl methyl sites for hydroxylation is 1. The van der Waals surface area contributed by atoms with Crippen molar-refractivity contribution in [3.63, 3.8) is 0 Å². The maximum atomic E-state index is 10.9. The zero-order valence-corrected chi connectivity index (χ0v) is 12.1. The zero-order chi connectivity index (χ0) is 15.7. The minimum Gasteiger partial charge on any atom is -0.506 e. The van der Waals surface area contributed by atoms with Crippen LogP contribution in [0.25, 0.3) is 10.9 Å². The first kappa shape index (κ1) is 14.1. The molecule has 0 saturated heterocycles. The van der Waals surface area contributed by atoms with Crippen LogP contribution >= 0.6 is 0 Å².